The van der Waals surface area contributed by atoms with Crippen LogP contribution >= 0.6 is 11.6 Å². The van der Waals surface area contributed by atoms with Crippen LogP contribution in [0.2, 0.25) is 5.02 Å². The number of amides is 1. The van der Waals surface area contributed by atoms with Crippen molar-refractivity contribution >= 4 is 29.1 Å². The first-order valence-corrected chi connectivity index (χ1v) is 7.54. The van der Waals surface area contributed by atoms with Crippen molar-refractivity contribution in [2.45, 2.75) is 6.04 Å². The molecule has 1 atom stereocenters. The molecule has 0 aromatic heterocycles. The minimum atomic E-state index is -0.851. The van der Waals surface area contributed by atoms with E-state index in [9.17, 15) is 19.1 Å². The minimum absolute atomic E-state index is 0.0737. The molecule has 0 unspecified atom stereocenters. The first kappa shape index (κ1) is 16.2. The van der Waals surface area contributed by atoms with E-state index >= 15 is 0 Å². The third-order valence-corrected chi connectivity index (χ3v) is 4.21. The van der Waals surface area contributed by atoms with Gasteiger partial charge in [-0.25, -0.2) is 4.39 Å². The SMILES string of the molecule is CN1C(=O)C(=O)C(=C(O)c2ccc(Cl)cc2)[C@H]1c1cccc(F)c1. The van der Waals surface area contributed by atoms with E-state index in [1.807, 2.05) is 0 Å². The Kier molecular flexibility index (Phi) is 4.11. The largest absolute Gasteiger partial charge is 0.507 e. The van der Waals surface area contributed by atoms with Crippen LogP contribution < -0.4 is 0 Å². The van der Waals surface area contributed by atoms with Gasteiger partial charge in [0.05, 0.1) is 11.6 Å². The van der Waals surface area contributed by atoms with E-state index in [-0.39, 0.29) is 11.3 Å². The van der Waals surface area contributed by atoms with Gasteiger partial charge in [0.1, 0.15) is 11.6 Å². The highest BCUT2D eigenvalue weighted by Crippen LogP contribution is 2.38. The zero-order chi connectivity index (χ0) is 17.4. The molecule has 0 aliphatic carbocycles. The molecule has 0 radical (unpaired) electrons. The van der Waals surface area contributed by atoms with E-state index in [2.05, 4.69) is 0 Å². The van der Waals surface area contributed by atoms with Crippen LogP contribution in [-0.4, -0.2) is 28.7 Å². The van der Waals surface area contributed by atoms with Crippen LogP contribution in [0.1, 0.15) is 17.2 Å². The summed E-state index contributed by atoms with van der Waals surface area (Å²) >= 11 is 5.82. The van der Waals surface area contributed by atoms with E-state index in [1.165, 1.54) is 30.1 Å². The second kappa shape index (κ2) is 6.09. The van der Waals surface area contributed by atoms with Gasteiger partial charge < -0.3 is 10.0 Å². The maximum absolute atomic E-state index is 13.6. The molecular weight excluding hydrogens is 333 g/mol. The van der Waals surface area contributed by atoms with Crippen molar-refractivity contribution in [1.29, 1.82) is 0 Å². The molecule has 1 amide bonds. The fraction of sp³-hybridized carbons (Fsp3) is 0.111. The summed E-state index contributed by atoms with van der Waals surface area (Å²) in [7, 11) is 1.44. The summed E-state index contributed by atoms with van der Waals surface area (Å²) in [6.45, 7) is 0. The van der Waals surface area contributed by atoms with Crippen molar-refractivity contribution in [3.8, 4) is 0 Å². The molecule has 0 saturated carbocycles. The number of nitrogens with zero attached hydrogens (tertiary/aromatic N) is 1. The number of aliphatic hydroxyl groups is 1. The average molecular weight is 346 g/mol. The lowest BCUT2D eigenvalue weighted by Crippen LogP contribution is -2.24. The fourth-order valence-electron chi connectivity index (χ4n) is 2.78. The Morgan fingerprint density at radius 1 is 1.17 bits per heavy atom. The number of ketones is 1. The van der Waals surface area contributed by atoms with Crippen LogP contribution in [-0.2, 0) is 9.59 Å². The summed E-state index contributed by atoms with van der Waals surface area (Å²) in [5, 5.41) is 11.0. The highest BCUT2D eigenvalue weighted by Gasteiger charge is 2.44. The second-order valence-electron chi connectivity index (χ2n) is 5.47. The van der Waals surface area contributed by atoms with Crippen molar-refractivity contribution in [1.82, 2.24) is 4.90 Å². The normalized spacial score (nSPS) is 19.8. The number of benzene rings is 2. The molecule has 6 heteroatoms. The number of carbonyl (C=O) groups excluding carboxylic acids is 2. The monoisotopic (exact) mass is 345 g/mol. The standard InChI is InChI=1S/C18H13ClFNO3/c1-21-15(11-3-2-4-13(20)9-11)14(17(23)18(21)24)16(22)10-5-7-12(19)8-6-10/h2-9,15,22H,1H3/t15-/m1/s1. The van der Waals surface area contributed by atoms with Crippen molar-refractivity contribution < 1.29 is 19.1 Å². The molecule has 2 aromatic rings. The molecule has 122 valence electrons. The maximum Gasteiger partial charge on any atom is 0.295 e. The summed E-state index contributed by atoms with van der Waals surface area (Å²) in [5.74, 6) is -2.36. The quantitative estimate of drug-likeness (QED) is 0.514. The smallest absolute Gasteiger partial charge is 0.295 e. The summed E-state index contributed by atoms with van der Waals surface area (Å²) in [6, 6.07) is 11.0. The third-order valence-electron chi connectivity index (χ3n) is 3.96. The van der Waals surface area contributed by atoms with Crippen LogP contribution in [0.3, 0.4) is 0 Å². The van der Waals surface area contributed by atoms with E-state index in [0.29, 0.717) is 16.1 Å². The molecule has 1 aliphatic rings. The van der Waals surface area contributed by atoms with Crippen molar-refractivity contribution in [3.63, 3.8) is 0 Å². The van der Waals surface area contributed by atoms with Crippen LogP contribution in [0, 0.1) is 5.82 Å². The number of aliphatic hydroxyl groups excluding tert-OH is 1. The molecule has 1 fully saturated rings. The number of rotatable bonds is 2. The highest BCUT2D eigenvalue weighted by atomic mass is 35.5. The van der Waals surface area contributed by atoms with E-state index in [4.69, 9.17) is 11.6 Å². The Balaban J connectivity index is 2.18. The first-order valence-electron chi connectivity index (χ1n) is 7.16. The van der Waals surface area contributed by atoms with Crippen LogP contribution in [0.15, 0.2) is 54.1 Å². The van der Waals surface area contributed by atoms with Gasteiger partial charge in [0.15, 0.2) is 0 Å². The number of carbonyl (C=O) groups is 2. The predicted octanol–water partition coefficient (Wildman–Crippen LogP) is 3.53. The fourth-order valence-corrected chi connectivity index (χ4v) is 2.90. The molecule has 3 rings (SSSR count). The molecule has 0 spiro atoms. The predicted molar refractivity (Wildman–Crippen MR) is 87.9 cm³/mol. The average Bonchev–Trinajstić information content (AvgIpc) is 2.79. The summed E-state index contributed by atoms with van der Waals surface area (Å²) in [4.78, 5) is 25.6. The number of halogens is 2. The maximum atomic E-state index is 13.6. The number of likely N-dealkylation sites (tertiary alicyclic amines) is 1. The van der Waals surface area contributed by atoms with Gasteiger partial charge in [-0.3, -0.25) is 9.59 Å². The van der Waals surface area contributed by atoms with Crippen molar-refractivity contribution in [2.24, 2.45) is 0 Å². The van der Waals surface area contributed by atoms with Gasteiger partial charge in [-0.15, -0.1) is 0 Å². The Morgan fingerprint density at radius 3 is 2.46 bits per heavy atom. The zero-order valence-electron chi connectivity index (χ0n) is 12.7. The lowest BCUT2D eigenvalue weighted by molar-refractivity contribution is -0.139. The molecule has 24 heavy (non-hydrogen) atoms. The molecule has 1 aliphatic heterocycles. The Morgan fingerprint density at radius 2 is 1.83 bits per heavy atom. The van der Waals surface area contributed by atoms with Crippen LogP contribution in [0.25, 0.3) is 5.76 Å². The van der Waals surface area contributed by atoms with Gasteiger partial charge in [0.25, 0.3) is 11.7 Å². The molecule has 4 nitrogen and oxygen atoms in total. The van der Waals surface area contributed by atoms with E-state index in [0.717, 1.165) is 0 Å². The van der Waals surface area contributed by atoms with E-state index < -0.39 is 23.5 Å². The molecular formula is C18H13ClFNO3. The first-order chi connectivity index (χ1) is 11.4. The van der Waals surface area contributed by atoms with Gasteiger partial charge in [-0.2, -0.15) is 0 Å². The Labute approximate surface area is 142 Å². The topological polar surface area (TPSA) is 57.6 Å². The van der Waals surface area contributed by atoms with Gasteiger partial charge in [-0.05, 0) is 42.0 Å². The summed E-state index contributed by atoms with van der Waals surface area (Å²) in [5.41, 5.74) is 0.690. The number of hydrogen-bond acceptors (Lipinski definition) is 3. The lowest BCUT2D eigenvalue weighted by Gasteiger charge is -2.21. The summed E-state index contributed by atoms with van der Waals surface area (Å²) in [6.07, 6.45) is 0. The minimum Gasteiger partial charge on any atom is -0.507 e. The molecule has 1 saturated heterocycles. The molecule has 1 N–H and O–H groups in total. The number of hydrogen-bond donors (Lipinski definition) is 1. The number of likely N-dealkylation sites (N-methyl/N-ethyl adjacent to an activating group) is 1. The van der Waals surface area contributed by atoms with Gasteiger partial charge in [0.2, 0.25) is 0 Å². The Bertz CT molecular complexity index is 861. The van der Waals surface area contributed by atoms with E-state index in [1.54, 1.807) is 30.3 Å². The second-order valence-corrected chi connectivity index (χ2v) is 5.91. The van der Waals surface area contributed by atoms with Gasteiger partial charge in [-0.1, -0.05) is 23.7 Å². The van der Waals surface area contributed by atoms with Crippen molar-refractivity contribution in [3.05, 3.63) is 76.1 Å². The van der Waals surface area contributed by atoms with Crippen molar-refractivity contribution in [2.75, 3.05) is 7.05 Å². The van der Waals surface area contributed by atoms with Crippen LogP contribution in [0.5, 0.6) is 0 Å². The highest BCUT2D eigenvalue weighted by molar-refractivity contribution is 6.46. The van der Waals surface area contributed by atoms with Gasteiger partial charge >= 0.3 is 0 Å². The Hall–Kier alpha value is -2.66. The zero-order valence-corrected chi connectivity index (χ0v) is 13.4. The summed E-state index contributed by atoms with van der Waals surface area (Å²) < 4.78 is 13.6. The molecule has 1 heterocycles. The molecule has 2 aromatic carbocycles. The molecule has 0 bridgehead atoms. The van der Waals surface area contributed by atoms with Crippen LogP contribution in [0.4, 0.5) is 4.39 Å². The number of Topliss-reactive ketones (excluding diaryl/α,β-unsaturated/α-hetero) is 1. The third kappa shape index (κ3) is 2.67. The lowest BCUT2D eigenvalue weighted by atomic mass is 9.95. The van der Waals surface area contributed by atoms with Gasteiger partial charge in [0, 0.05) is 17.6 Å².